The highest BCUT2D eigenvalue weighted by Gasteiger charge is 2.20. The van der Waals surface area contributed by atoms with Gasteiger partial charge in [0.1, 0.15) is 0 Å². The molecular formula is C12H26N2. The molecule has 1 aliphatic carbocycles. The molecular weight excluding hydrogens is 172 g/mol. The molecule has 0 bridgehead atoms. The minimum absolute atomic E-state index is 0.859. The van der Waals surface area contributed by atoms with Crippen LogP contribution in [0.25, 0.3) is 0 Å². The van der Waals surface area contributed by atoms with Crippen LogP contribution in [0.5, 0.6) is 0 Å². The van der Waals surface area contributed by atoms with Crippen LogP contribution in [0, 0.1) is 5.92 Å². The summed E-state index contributed by atoms with van der Waals surface area (Å²) in [5.74, 6) is 1.08. The highest BCUT2D eigenvalue weighted by molar-refractivity contribution is 4.73. The van der Waals surface area contributed by atoms with Crippen LogP contribution in [0.15, 0.2) is 0 Å². The average Bonchev–Trinajstić information content (AvgIpc) is 2.98. The van der Waals surface area contributed by atoms with Gasteiger partial charge in [-0.1, -0.05) is 25.7 Å². The number of hydrogen-bond acceptors (Lipinski definition) is 2. The van der Waals surface area contributed by atoms with Crippen LogP contribution in [0.4, 0.5) is 0 Å². The van der Waals surface area contributed by atoms with Crippen molar-refractivity contribution in [3.8, 4) is 0 Å². The summed E-state index contributed by atoms with van der Waals surface area (Å²) < 4.78 is 0. The van der Waals surface area contributed by atoms with E-state index in [1.54, 1.807) is 0 Å². The maximum Gasteiger partial charge on any atom is -0.00191 e. The lowest BCUT2D eigenvalue weighted by molar-refractivity contribution is 0.313. The van der Waals surface area contributed by atoms with Gasteiger partial charge in [-0.25, -0.2) is 0 Å². The molecule has 2 heteroatoms. The molecule has 1 fully saturated rings. The van der Waals surface area contributed by atoms with Crippen molar-refractivity contribution >= 4 is 0 Å². The molecule has 0 aromatic rings. The van der Waals surface area contributed by atoms with Crippen LogP contribution in [0.3, 0.4) is 0 Å². The van der Waals surface area contributed by atoms with E-state index in [-0.39, 0.29) is 0 Å². The molecule has 0 unspecified atom stereocenters. The number of rotatable bonds is 9. The largest absolute Gasteiger partial charge is 0.330 e. The van der Waals surface area contributed by atoms with E-state index in [2.05, 4.69) is 11.9 Å². The summed E-state index contributed by atoms with van der Waals surface area (Å²) in [6.45, 7) is 3.44. The van der Waals surface area contributed by atoms with Crippen molar-refractivity contribution in [1.29, 1.82) is 0 Å². The van der Waals surface area contributed by atoms with Crippen molar-refractivity contribution in [2.24, 2.45) is 11.7 Å². The van der Waals surface area contributed by atoms with Gasteiger partial charge in [0.15, 0.2) is 0 Å². The Kier molecular flexibility index (Phi) is 6.20. The first-order valence-corrected chi connectivity index (χ1v) is 6.21. The summed E-state index contributed by atoms with van der Waals surface area (Å²) in [6, 6.07) is 0. The van der Waals surface area contributed by atoms with E-state index in [9.17, 15) is 0 Å². The first kappa shape index (κ1) is 12.0. The third kappa shape index (κ3) is 6.39. The van der Waals surface area contributed by atoms with Gasteiger partial charge in [-0.05, 0) is 51.9 Å². The molecule has 0 aliphatic heterocycles. The van der Waals surface area contributed by atoms with Crippen LogP contribution in [0.1, 0.15) is 44.9 Å². The second-order valence-electron chi connectivity index (χ2n) is 4.74. The Hall–Kier alpha value is -0.0800. The van der Waals surface area contributed by atoms with Crippen molar-refractivity contribution in [2.75, 3.05) is 26.7 Å². The third-order valence-corrected chi connectivity index (χ3v) is 3.11. The smallest absolute Gasteiger partial charge is 0.00191 e. The van der Waals surface area contributed by atoms with Crippen molar-refractivity contribution < 1.29 is 0 Å². The minimum Gasteiger partial charge on any atom is -0.330 e. The van der Waals surface area contributed by atoms with Crippen LogP contribution < -0.4 is 5.73 Å². The highest BCUT2D eigenvalue weighted by atomic mass is 15.1. The molecule has 0 amide bonds. The van der Waals surface area contributed by atoms with Crippen LogP contribution in [-0.2, 0) is 0 Å². The zero-order chi connectivity index (χ0) is 10.2. The SMILES string of the molecule is CN(CCCCCCN)CCC1CC1. The van der Waals surface area contributed by atoms with E-state index in [0.29, 0.717) is 0 Å². The van der Waals surface area contributed by atoms with Crippen LogP contribution in [0.2, 0.25) is 0 Å². The summed E-state index contributed by atoms with van der Waals surface area (Å²) in [7, 11) is 2.26. The van der Waals surface area contributed by atoms with Gasteiger partial charge in [0.2, 0.25) is 0 Å². The fourth-order valence-electron chi connectivity index (χ4n) is 1.80. The Morgan fingerprint density at radius 3 is 2.43 bits per heavy atom. The minimum atomic E-state index is 0.859. The lowest BCUT2D eigenvalue weighted by Crippen LogP contribution is -2.21. The molecule has 14 heavy (non-hydrogen) atoms. The highest BCUT2D eigenvalue weighted by Crippen LogP contribution is 2.32. The molecule has 2 N–H and O–H groups in total. The van der Waals surface area contributed by atoms with Crippen molar-refractivity contribution in [2.45, 2.75) is 44.9 Å². The van der Waals surface area contributed by atoms with Gasteiger partial charge in [0, 0.05) is 0 Å². The Bertz CT molecular complexity index is 132. The maximum absolute atomic E-state index is 5.45. The summed E-state index contributed by atoms with van der Waals surface area (Å²) in [5.41, 5.74) is 5.45. The summed E-state index contributed by atoms with van der Waals surface area (Å²) in [5, 5.41) is 0. The normalized spacial score (nSPS) is 16.5. The number of nitrogens with zero attached hydrogens (tertiary/aromatic N) is 1. The molecule has 0 atom stereocenters. The van der Waals surface area contributed by atoms with Gasteiger partial charge in [0.05, 0.1) is 0 Å². The third-order valence-electron chi connectivity index (χ3n) is 3.11. The predicted molar refractivity (Wildman–Crippen MR) is 62.4 cm³/mol. The van der Waals surface area contributed by atoms with Gasteiger partial charge in [-0.2, -0.15) is 0 Å². The first-order valence-electron chi connectivity index (χ1n) is 6.21. The molecule has 84 valence electrons. The number of unbranched alkanes of at least 4 members (excludes halogenated alkanes) is 3. The van der Waals surface area contributed by atoms with E-state index >= 15 is 0 Å². The average molecular weight is 198 g/mol. The van der Waals surface area contributed by atoms with E-state index < -0.39 is 0 Å². The quantitative estimate of drug-likeness (QED) is 0.576. The van der Waals surface area contributed by atoms with Gasteiger partial charge in [-0.3, -0.25) is 0 Å². The van der Waals surface area contributed by atoms with Crippen LogP contribution >= 0.6 is 0 Å². The molecule has 0 aromatic heterocycles. The summed E-state index contributed by atoms with van der Waals surface area (Å²) in [6.07, 6.45) is 9.62. The van der Waals surface area contributed by atoms with Crippen molar-refractivity contribution in [1.82, 2.24) is 4.90 Å². The Labute approximate surface area is 88.8 Å². The molecule has 0 heterocycles. The van der Waals surface area contributed by atoms with Crippen LogP contribution in [-0.4, -0.2) is 31.6 Å². The Morgan fingerprint density at radius 2 is 1.79 bits per heavy atom. The Morgan fingerprint density at radius 1 is 1.07 bits per heavy atom. The van der Waals surface area contributed by atoms with E-state index in [0.717, 1.165) is 12.5 Å². The van der Waals surface area contributed by atoms with E-state index in [1.807, 2.05) is 0 Å². The molecule has 1 saturated carbocycles. The fraction of sp³-hybridized carbons (Fsp3) is 1.00. The molecule has 0 saturated heterocycles. The van der Waals surface area contributed by atoms with Crippen molar-refractivity contribution in [3.63, 3.8) is 0 Å². The predicted octanol–water partition coefficient (Wildman–Crippen LogP) is 2.24. The standard InChI is InChI=1S/C12H26N2/c1-14(11-8-12-6-7-12)10-5-3-2-4-9-13/h12H,2-11,13H2,1H3. The van der Waals surface area contributed by atoms with E-state index in [4.69, 9.17) is 5.73 Å². The number of hydrogen-bond donors (Lipinski definition) is 1. The molecule has 0 spiro atoms. The van der Waals surface area contributed by atoms with E-state index in [1.165, 1.54) is 58.0 Å². The van der Waals surface area contributed by atoms with Gasteiger partial charge in [-0.15, -0.1) is 0 Å². The van der Waals surface area contributed by atoms with Gasteiger partial charge >= 0.3 is 0 Å². The molecule has 1 rings (SSSR count). The monoisotopic (exact) mass is 198 g/mol. The van der Waals surface area contributed by atoms with Crippen molar-refractivity contribution in [3.05, 3.63) is 0 Å². The van der Waals surface area contributed by atoms with Gasteiger partial charge in [0.25, 0.3) is 0 Å². The van der Waals surface area contributed by atoms with Gasteiger partial charge < -0.3 is 10.6 Å². The summed E-state index contributed by atoms with van der Waals surface area (Å²) in [4.78, 5) is 2.49. The second kappa shape index (κ2) is 7.24. The lowest BCUT2D eigenvalue weighted by Gasteiger charge is -2.15. The Balaban J connectivity index is 1.79. The maximum atomic E-state index is 5.45. The second-order valence-corrected chi connectivity index (χ2v) is 4.74. The zero-order valence-corrected chi connectivity index (χ0v) is 9.67. The molecule has 2 nitrogen and oxygen atoms in total. The molecule has 0 aromatic carbocycles. The number of nitrogens with two attached hydrogens (primary N) is 1. The molecule has 1 aliphatic rings. The topological polar surface area (TPSA) is 29.3 Å². The fourth-order valence-corrected chi connectivity index (χ4v) is 1.80. The first-order chi connectivity index (χ1) is 6.83. The summed E-state index contributed by atoms with van der Waals surface area (Å²) >= 11 is 0. The zero-order valence-electron chi connectivity index (χ0n) is 9.67. The lowest BCUT2D eigenvalue weighted by atomic mass is 10.2. The molecule has 0 radical (unpaired) electrons.